The van der Waals surface area contributed by atoms with Crippen molar-refractivity contribution in [2.75, 3.05) is 0 Å². The van der Waals surface area contributed by atoms with Crippen LogP contribution in [0.15, 0.2) is 18.2 Å². The molecule has 1 aromatic rings. The predicted octanol–water partition coefficient (Wildman–Crippen LogP) is 2.23. The van der Waals surface area contributed by atoms with E-state index in [0.717, 1.165) is 29.2 Å². The van der Waals surface area contributed by atoms with Gasteiger partial charge in [0.25, 0.3) is 0 Å². The molecule has 3 nitrogen and oxygen atoms in total. The van der Waals surface area contributed by atoms with Crippen LogP contribution < -0.4 is 5.32 Å². The average Bonchev–Trinajstić information content (AvgIpc) is 2.77. The smallest absolute Gasteiger partial charge is 0.161 e. The zero-order valence-electron chi connectivity index (χ0n) is 10.3. The maximum Gasteiger partial charge on any atom is 0.161 e. The fourth-order valence-corrected chi connectivity index (χ4v) is 4.55. The number of phenols is 2. The fourth-order valence-electron chi connectivity index (χ4n) is 4.55. The highest BCUT2D eigenvalue weighted by molar-refractivity contribution is 5.44. The first-order chi connectivity index (χ1) is 8.75. The minimum absolute atomic E-state index is 0.0228. The molecular weight excluding hydrogens is 226 g/mol. The quantitative estimate of drug-likeness (QED) is 0.716. The normalized spacial score (nSPS) is 39.9. The van der Waals surface area contributed by atoms with Crippen molar-refractivity contribution < 1.29 is 10.2 Å². The van der Waals surface area contributed by atoms with Gasteiger partial charge in [-0.05, 0) is 49.0 Å². The van der Waals surface area contributed by atoms with Gasteiger partial charge in [-0.25, -0.2) is 0 Å². The number of para-hydroxylation sites is 1. The van der Waals surface area contributed by atoms with Gasteiger partial charge in [-0.15, -0.1) is 0 Å². The first-order valence-corrected chi connectivity index (χ1v) is 6.99. The lowest BCUT2D eigenvalue weighted by atomic mass is 10.0. The van der Waals surface area contributed by atoms with E-state index in [1.807, 2.05) is 6.07 Å². The Balaban J connectivity index is 1.42. The van der Waals surface area contributed by atoms with Crippen LogP contribution in [0.2, 0.25) is 0 Å². The lowest BCUT2D eigenvalue weighted by molar-refractivity contribution is 0.395. The number of benzene rings is 1. The van der Waals surface area contributed by atoms with Crippen LogP contribution in [0.1, 0.15) is 24.8 Å². The van der Waals surface area contributed by atoms with E-state index < -0.39 is 0 Å². The zero-order chi connectivity index (χ0) is 12.3. The van der Waals surface area contributed by atoms with Gasteiger partial charge in [0.05, 0.1) is 0 Å². The molecule has 3 aliphatic rings. The monoisotopic (exact) mass is 245 g/mol. The molecule has 0 aliphatic heterocycles. The molecule has 3 aliphatic carbocycles. The van der Waals surface area contributed by atoms with Crippen LogP contribution in [0.25, 0.3) is 0 Å². The van der Waals surface area contributed by atoms with Gasteiger partial charge in [0.2, 0.25) is 0 Å². The van der Waals surface area contributed by atoms with Gasteiger partial charge in [0, 0.05) is 18.2 Å². The molecule has 0 radical (unpaired) electrons. The summed E-state index contributed by atoms with van der Waals surface area (Å²) >= 11 is 0. The molecule has 4 rings (SSSR count). The van der Waals surface area contributed by atoms with Crippen LogP contribution in [-0.2, 0) is 6.54 Å². The van der Waals surface area contributed by atoms with Gasteiger partial charge in [-0.3, -0.25) is 0 Å². The number of hydrogen-bond acceptors (Lipinski definition) is 3. The molecule has 3 heteroatoms. The van der Waals surface area contributed by atoms with Gasteiger partial charge < -0.3 is 15.5 Å². The Bertz CT molecular complexity index is 471. The van der Waals surface area contributed by atoms with Crippen LogP contribution in [-0.4, -0.2) is 16.3 Å². The van der Waals surface area contributed by atoms with Crippen molar-refractivity contribution in [3.63, 3.8) is 0 Å². The highest BCUT2D eigenvalue weighted by Crippen LogP contribution is 2.65. The van der Waals surface area contributed by atoms with E-state index >= 15 is 0 Å². The summed E-state index contributed by atoms with van der Waals surface area (Å²) in [6, 6.07) is 5.83. The molecule has 0 saturated heterocycles. The van der Waals surface area contributed by atoms with E-state index in [4.69, 9.17) is 0 Å². The van der Waals surface area contributed by atoms with Crippen molar-refractivity contribution in [3.8, 4) is 11.5 Å². The van der Waals surface area contributed by atoms with Gasteiger partial charge in [0.1, 0.15) is 0 Å². The molecular formula is C15H19NO2. The molecule has 18 heavy (non-hydrogen) atoms. The second-order valence-electron chi connectivity index (χ2n) is 6.18. The maximum absolute atomic E-state index is 9.76. The number of nitrogens with one attached hydrogen (secondary N) is 1. The molecule has 4 atom stereocenters. The summed E-state index contributed by atoms with van der Waals surface area (Å²) in [5, 5.41) is 22.8. The van der Waals surface area contributed by atoms with E-state index in [-0.39, 0.29) is 11.5 Å². The Hall–Kier alpha value is -1.22. The third-order valence-electron chi connectivity index (χ3n) is 5.36. The predicted molar refractivity (Wildman–Crippen MR) is 68.2 cm³/mol. The maximum atomic E-state index is 9.76. The largest absolute Gasteiger partial charge is 0.504 e. The summed E-state index contributed by atoms with van der Waals surface area (Å²) in [6.07, 6.45) is 4.33. The molecule has 3 saturated carbocycles. The van der Waals surface area contributed by atoms with Crippen molar-refractivity contribution in [1.29, 1.82) is 0 Å². The fraction of sp³-hybridized carbons (Fsp3) is 0.600. The third kappa shape index (κ3) is 1.40. The standard InChI is InChI=1S/C15H19NO2/c17-11-3-1-2-10(15(11)18)7-16-14-12-8-4-5-9(6-8)13(12)14/h1-3,8-9,12-14,16-18H,4-7H2. The summed E-state index contributed by atoms with van der Waals surface area (Å²) in [4.78, 5) is 0. The highest BCUT2D eigenvalue weighted by Gasteiger charge is 2.64. The summed E-state index contributed by atoms with van der Waals surface area (Å²) in [5.74, 6) is 3.75. The van der Waals surface area contributed by atoms with Crippen molar-refractivity contribution in [3.05, 3.63) is 23.8 Å². The molecule has 3 fully saturated rings. The molecule has 4 unspecified atom stereocenters. The zero-order valence-corrected chi connectivity index (χ0v) is 10.3. The number of hydrogen-bond donors (Lipinski definition) is 3. The van der Waals surface area contributed by atoms with Gasteiger partial charge in [-0.2, -0.15) is 0 Å². The molecule has 0 aromatic heterocycles. The molecule has 0 heterocycles. The second-order valence-corrected chi connectivity index (χ2v) is 6.18. The SMILES string of the molecule is Oc1cccc(CNC2C3C4CCC(C4)C23)c1O. The van der Waals surface area contributed by atoms with Crippen LogP contribution in [0.3, 0.4) is 0 Å². The first-order valence-electron chi connectivity index (χ1n) is 6.99. The van der Waals surface area contributed by atoms with Gasteiger partial charge >= 0.3 is 0 Å². The summed E-state index contributed by atoms with van der Waals surface area (Å²) < 4.78 is 0. The number of rotatable bonds is 3. The average molecular weight is 245 g/mol. The Kier molecular flexibility index (Phi) is 2.16. The minimum atomic E-state index is -0.0228. The Morgan fingerprint density at radius 1 is 1.11 bits per heavy atom. The topological polar surface area (TPSA) is 52.5 Å². The van der Waals surface area contributed by atoms with Crippen LogP contribution in [0, 0.1) is 23.7 Å². The molecule has 0 spiro atoms. The highest BCUT2D eigenvalue weighted by atomic mass is 16.3. The van der Waals surface area contributed by atoms with E-state index in [0.29, 0.717) is 12.6 Å². The Morgan fingerprint density at radius 3 is 2.56 bits per heavy atom. The Labute approximate surface area is 107 Å². The molecule has 2 bridgehead atoms. The summed E-state index contributed by atoms with van der Waals surface area (Å²) in [5.41, 5.74) is 0.798. The number of aromatic hydroxyl groups is 2. The summed E-state index contributed by atoms with van der Waals surface area (Å²) in [7, 11) is 0. The molecule has 1 aromatic carbocycles. The minimum Gasteiger partial charge on any atom is -0.504 e. The summed E-state index contributed by atoms with van der Waals surface area (Å²) in [6.45, 7) is 0.664. The van der Waals surface area contributed by atoms with E-state index in [1.165, 1.54) is 25.3 Å². The van der Waals surface area contributed by atoms with Crippen molar-refractivity contribution >= 4 is 0 Å². The van der Waals surface area contributed by atoms with Crippen LogP contribution >= 0.6 is 0 Å². The van der Waals surface area contributed by atoms with Crippen molar-refractivity contribution in [2.45, 2.75) is 31.8 Å². The second kappa shape index (κ2) is 3.64. The van der Waals surface area contributed by atoms with Crippen LogP contribution in [0.5, 0.6) is 11.5 Å². The van der Waals surface area contributed by atoms with E-state index in [9.17, 15) is 10.2 Å². The number of phenolic OH excluding ortho intramolecular Hbond substituents is 2. The number of fused-ring (bicyclic) bond motifs is 5. The van der Waals surface area contributed by atoms with Crippen molar-refractivity contribution in [2.24, 2.45) is 23.7 Å². The molecule has 0 amide bonds. The van der Waals surface area contributed by atoms with E-state index in [2.05, 4.69) is 5.32 Å². The Morgan fingerprint density at radius 2 is 1.83 bits per heavy atom. The van der Waals surface area contributed by atoms with Gasteiger partial charge in [0.15, 0.2) is 11.5 Å². The van der Waals surface area contributed by atoms with E-state index in [1.54, 1.807) is 6.07 Å². The lowest BCUT2D eigenvalue weighted by Crippen LogP contribution is -2.22. The molecule has 96 valence electrons. The van der Waals surface area contributed by atoms with Crippen molar-refractivity contribution in [1.82, 2.24) is 5.32 Å². The lowest BCUT2D eigenvalue weighted by Gasteiger charge is -2.11. The third-order valence-corrected chi connectivity index (χ3v) is 5.36. The molecule has 3 N–H and O–H groups in total. The van der Waals surface area contributed by atoms with Gasteiger partial charge in [-0.1, -0.05) is 12.1 Å². The van der Waals surface area contributed by atoms with Crippen LogP contribution in [0.4, 0.5) is 0 Å². The first kappa shape index (κ1) is 10.7.